The van der Waals surface area contributed by atoms with E-state index in [4.69, 9.17) is 11.6 Å². The van der Waals surface area contributed by atoms with Crippen LogP contribution < -0.4 is 5.32 Å². The zero-order chi connectivity index (χ0) is 13.3. The first-order valence-electron chi connectivity index (χ1n) is 5.10. The Kier molecular flexibility index (Phi) is 3.41. The number of fused-ring (bicyclic) bond motifs is 1. The lowest BCUT2D eigenvalue weighted by atomic mass is 10.1. The summed E-state index contributed by atoms with van der Waals surface area (Å²) < 4.78 is 37.7. The van der Waals surface area contributed by atoms with Crippen LogP contribution in [0, 0.1) is 0 Å². The highest BCUT2D eigenvalue weighted by Crippen LogP contribution is 2.31. The van der Waals surface area contributed by atoms with Gasteiger partial charge in [-0.25, -0.2) is 9.97 Å². The molecule has 2 aromatic rings. The second-order valence-corrected chi connectivity index (χ2v) is 4.04. The Morgan fingerprint density at radius 3 is 2.61 bits per heavy atom. The van der Waals surface area contributed by atoms with Crippen LogP contribution in [0.4, 0.5) is 13.2 Å². The first kappa shape index (κ1) is 13.0. The van der Waals surface area contributed by atoms with Gasteiger partial charge in [0.1, 0.15) is 0 Å². The Morgan fingerprint density at radius 1 is 1.28 bits per heavy atom. The maximum absolute atomic E-state index is 12.6. The second-order valence-electron chi connectivity index (χ2n) is 3.70. The number of halogens is 4. The molecule has 0 saturated heterocycles. The minimum absolute atomic E-state index is 0.0629. The molecule has 0 radical (unpaired) electrons. The molecule has 0 saturated carbocycles. The minimum Gasteiger partial charge on any atom is -0.314 e. The maximum atomic E-state index is 12.6. The van der Waals surface area contributed by atoms with Gasteiger partial charge in [0.25, 0.3) is 0 Å². The van der Waals surface area contributed by atoms with Crippen molar-refractivity contribution in [2.24, 2.45) is 0 Å². The van der Waals surface area contributed by atoms with E-state index < -0.39 is 11.7 Å². The smallest absolute Gasteiger partial charge is 0.314 e. The molecule has 2 rings (SSSR count). The van der Waals surface area contributed by atoms with Gasteiger partial charge < -0.3 is 5.32 Å². The first-order valence-corrected chi connectivity index (χ1v) is 5.47. The molecule has 0 aliphatic carbocycles. The molecule has 1 aromatic carbocycles. The van der Waals surface area contributed by atoms with Crippen molar-refractivity contribution < 1.29 is 13.2 Å². The van der Waals surface area contributed by atoms with Crippen molar-refractivity contribution >= 4 is 22.5 Å². The van der Waals surface area contributed by atoms with Crippen LogP contribution in [-0.4, -0.2) is 17.0 Å². The first-order chi connectivity index (χ1) is 8.41. The van der Waals surface area contributed by atoms with Gasteiger partial charge in [0.15, 0.2) is 0 Å². The summed E-state index contributed by atoms with van der Waals surface area (Å²) >= 11 is 5.69. The Morgan fingerprint density at radius 2 is 2.00 bits per heavy atom. The van der Waals surface area contributed by atoms with Crippen molar-refractivity contribution in [1.82, 2.24) is 15.3 Å². The molecule has 3 nitrogen and oxygen atoms in total. The molecule has 1 aromatic heterocycles. The molecule has 96 valence electrons. The fourth-order valence-electron chi connectivity index (χ4n) is 1.64. The van der Waals surface area contributed by atoms with E-state index in [1.54, 1.807) is 7.05 Å². The lowest BCUT2D eigenvalue weighted by Crippen LogP contribution is -2.09. The van der Waals surface area contributed by atoms with Gasteiger partial charge >= 0.3 is 6.18 Å². The summed E-state index contributed by atoms with van der Waals surface area (Å²) in [6.07, 6.45) is -4.39. The van der Waals surface area contributed by atoms with E-state index in [1.165, 1.54) is 6.07 Å². The predicted molar refractivity (Wildman–Crippen MR) is 62.3 cm³/mol. The highest BCUT2D eigenvalue weighted by molar-refractivity contribution is 6.28. The molecule has 7 heteroatoms. The summed E-state index contributed by atoms with van der Waals surface area (Å²) in [7, 11) is 1.71. The molecule has 0 atom stereocenters. The summed E-state index contributed by atoms with van der Waals surface area (Å²) in [5.41, 5.74) is 0.0106. The fourth-order valence-corrected chi connectivity index (χ4v) is 1.84. The number of hydrogen-bond donors (Lipinski definition) is 1. The summed E-state index contributed by atoms with van der Waals surface area (Å²) in [6.45, 7) is 0.407. The zero-order valence-corrected chi connectivity index (χ0v) is 10.1. The number of nitrogens with one attached hydrogen (secondary N) is 1. The molecule has 0 aliphatic rings. The summed E-state index contributed by atoms with van der Waals surface area (Å²) in [5.74, 6) is 0. The van der Waals surface area contributed by atoms with Crippen molar-refractivity contribution in [3.63, 3.8) is 0 Å². The minimum atomic E-state index is -4.39. The van der Waals surface area contributed by atoms with Crippen molar-refractivity contribution in [3.05, 3.63) is 34.7 Å². The normalized spacial score (nSPS) is 12.1. The van der Waals surface area contributed by atoms with Gasteiger partial charge in [0, 0.05) is 11.9 Å². The monoisotopic (exact) mass is 275 g/mol. The van der Waals surface area contributed by atoms with Crippen LogP contribution in [0.1, 0.15) is 11.3 Å². The number of nitrogens with zero attached hydrogens (tertiary/aromatic N) is 2. The van der Waals surface area contributed by atoms with E-state index in [0.29, 0.717) is 17.6 Å². The zero-order valence-electron chi connectivity index (χ0n) is 9.35. The number of hydrogen-bond acceptors (Lipinski definition) is 3. The molecule has 0 amide bonds. The van der Waals surface area contributed by atoms with E-state index in [2.05, 4.69) is 15.3 Å². The van der Waals surface area contributed by atoms with Gasteiger partial charge in [-0.1, -0.05) is 6.07 Å². The lowest BCUT2D eigenvalue weighted by molar-refractivity contribution is -0.137. The van der Waals surface area contributed by atoms with E-state index in [1.807, 2.05) is 0 Å². The van der Waals surface area contributed by atoms with Crippen LogP contribution in [0.3, 0.4) is 0 Å². The number of rotatable bonds is 2. The van der Waals surface area contributed by atoms with E-state index in [0.717, 1.165) is 12.1 Å². The molecule has 0 unspecified atom stereocenters. The van der Waals surface area contributed by atoms with Crippen LogP contribution in [0.25, 0.3) is 10.9 Å². The SMILES string of the molecule is CNCc1nc(Cl)nc2cc(C(F)(F)F)ccc12. The Labute approximate surface area is 106 Å². The largest absolute Gasteiger partial charge is 0.416 e. The molecule has 0 fully saturated rings. The predicted octanol–water partition coefficient (Wildman–Crippen LogP) is 3.02. The molecule has 18 heavy (non-hydrogen) atoms. The van der Waals surface area contributed by atoms with Crippen LogP contribution >= 0.6 is 11.6 Å². The number of aromatic nitrogens is 2. The van der Waals surface area contributed by atoms with Crippen LogP contribution in [0.2, 0.25) is 5.28 Å². The molecule has 1 heterocycles. The molecule has 0 aliphatic heterocycles. The summed E-state index contributed by atoms with van der Waals surface area (Å²) in [4.78, 5) is 7.81. The topological polar surface area (TPSA) is 37.8 Å². The Hall–Kier alpha value is -1.40. The number of benzene rings is 1. The summed E-state index contributed by atoms with van der Waals surface area (Å²) in [5, 5.41) is 3.37. The molecule has 0 bridgehead atoms. The number of alkyl halides is 3. The quantitative estimate of drug-likeness (QED) is 0.856. The van der Waals surface area contributed by atoms with Crippen molar-refractivity contribution in [2.75, 3.05) is 7.05 Å². The van der Waals surface area contributed by atoms with Crippen LogP contribution in [-0.2, 0) is 12.7 Å². The van der Waals surface area contributed by atoms with E-state index in [-0.39, 0.29) is 10.8 Å². The van der Waals surface area contributed by atoms with E-state index >= 15 is 0 Å². The van der Waals surface area contributed by atoms with Crippen molar-refractivity contribution in [2.45, 2.75) is 12.7 Å². The summed E-state index contributed by atoms with van der Waals surface area (Å²) in [6, 6.07) is 3.35. The lowest BCUT2D eigenvalue weighted by Gasteiger charge is -2.09. The molecular weight excluding hydrogens is 267 g/mol. The average molecular weight is 276 g/mol. The molecular formula is C11H9ClF3N3. The Balaban J connectivity index is 2.64. The van der Waals surface area contributed by atoms with Crippen LogP contribution in [0.5, 0.6) is 0 Å². The fraction of sp³-hybridized carbons (Fsp3) is 0.273. The second kappa shape index (κ2) is 4.70. The third-order valence-electron chi connectivity index (χ3n) is 2.42. The van der Waals surface area contributed by atoms with Gasteiger partial charge in [0.2, 0.25) is 5.28 Å². The highest BCUT2D eigenvalue weighted by Gasteiger charge is 2.30. The van der Waals surface area contributed by atoms with Gasteiger partial charge in [-0.2, -0.15) is 13.2 Å². The molecule has 0 spiro atoms. The molecule has 1 N–H and O–H groups in total. The van der Waals surface area contributed by atoms with Gasteiger partial charge in [0.05, 0.1) is 16.8 Å². The van der Waals surface area contributed by atoms with Crippen LogP contribution in [0.15, 0.2) is 18.2 Å². The highest BCUT2D eigenvalue weighted by atomic mass is 35.5. The standard InChI is InChI=1S/C11H9ClF3N3/c1-16-5-9-7-3-2-6(11(13,14)15)4-8(7)17-10(12)18-9/h2-4,16H,5H2,1H3. The van der Waals surface area contributed by atoms with E-state index in [9.17, 15) is 13.2 Å². The van der Waals surface area contributed by atoms with Gasteiger partial charge in [-0.3, -0.25) is 0 Å². The third-order valence-corrected chi connectivity index (χ3v) is 2.59. The Bertz CT molecular complexity index is 583. The van der Waals surface area contributed by atoms with Gasteiger partial charge in [-0.15, -0.1) is 0 Å². The maximum Gasteiger partial charge on any atom is 0.416 e. The average Bonchev–Trinajstić information content (AvgIpc) is 2.27. The third kappa shape index (κ3) is 2.54. The van der Waals surface area contributed by atoms with Crippen molar-refractivity contribution in [3.8, 4) is 0 Å². The van der Waals surface area contributed by atoms with Crippen molar-refractivity contribution in [1.29, 1.82) is 0 Å². The van der Waals surface area contributed by atoms with Gasteiger partial charge in [-0.05, 0) is 30.8 Å².